The summed E-state index contributed by atoms with van der Waals surface area (Å²) in [5.41, 5.74) is 5.56. The Morgan fingerprint density at radius 1 is 0.971 bits per heavy atom. The maximum atomic E-state index is 13.1. The minimum absolute atomic E-state index is 0.0245. The van der Waals surface area contributed by atoms with Gasteiger partial charge in [0.05, 0.1) is 11.4 Å². The number of hydrogen-bond donors (Lipinski definition) is 0. The summed E-state index contributed by atoms with van der Waals surface area (Å²) in [7, 11) is 0. The van der Waals surface area contributed by atoms with Gasteiger partial charge in [-0.3, -0.25) is 19.1 Å². The van der Waals surface area contributed by atoms with E-state index in [9.17, 15) is 9.59 Å². The van der Waals surface area contributed by atoms with Crippen LogP contribution in [0.3, 0.4) is 0 Å². The Labute approximate surface area is 208 Å². The van der Waals surface area contributed by atoms with E-state index >= 15 is 0 Å². The van der Waals surface area contributed by atoms with Gasteiger partial charge in [0.15, 0.2) is 16.8 Å². The summed E-state index contributed by atoms with van der Waals surface area (Å²) in [6.07, 6.45) is 4.86. The van der Waals surface area contributed by atoms with Crippen LogP contribution in [-0.4, -0.2) is 43.7 Å². The van der Waals surface area contributed by atoms with E-state index in [0.29, 0.717) is 29.5 Å². The average molecular weight is 484 g/mol. The van der Waals surface area contributed by atoms with Crippen molar-refractivity contribution in [3.05, 3.63) is 83.7 Å². The first-order valence-corrected chi connectivity index (χ1v) is 12.5. The molecule has 0 atom stereocenters. The van der Waals surface area contributed by atoms with Gasteiger partial charge in [-0.15, -0.1) is 10.2 Å². The van der Waals surface area contributed by atoms with Gasteiger partial charge >= 0.3 is 0 Å². The number of hydrogen-bond acceptors (Lipinski definition) is 6. The van der Waals surface area contributed by atoms with Crippen LogP contribution in [0.4, 0.5) is 5.69 Å². The monoisotopic (exact) mass is 483 g/mol. The molecule has 0 bridgehead atoms. The van der Waals surface area contributed by atoms with E-state index in [1.54, 1.807) is 23.4 Å². The number of rotatable bonds is 7. The number of carbonyl (C=O) groups excluding carboxylic acids is 2. The summed E-state index contributed by atoms with van der Waals surface area (Å²) >= 11 is 1.35. The number of Topliss-reactive ketones (excluding diaryl/α,β-unsaturated/α-hetero) is 1. The normalized spacial score (nSPS) is 13.4. The molecule has 8 heteroatoms. The molecule has 1 aliphatic heterocycles. The van der Waals surface area contributed by atoms with Crippen LogP contribution in [-0.2, 0) is 4.79 Å². The molecule has 5 rings (SSSR count). The molecule has 3 heterocycles. The number of carbonyl (C=O) groups is 2. The lowest BCUT2D eigenvalue weighted by Crippen LogP contribution is -2.23. The Balaban J connectivity index is 1.43. The van der Waals surface area contributed by atoms with Gasteiger partial charge in [0.2, 0.25) is 5.91 Å². The van der Waals surface area contributed by atoms with Gasteiger partial charge in [0.1, 0.15) is 0 Å². The fourth-order valence-corrected chi connectivity index (χ4v) is 4.98. The molecule has 0 spiro atoms. The molecular weight excluding hydrogens is 458 g/mol. The van der Waals surface area contributed by atoms with Crippen LogP contribution in [0.1, 0.15) is 34.3 Å². The predicted octanol–water partition coefficient (Wildman–Crippen LogP) is 5.05. The first-order chi connectivity index (χ1) is 17.0. The SMILES string of the molecule is Cc1ccc(-n2c(SCC(=O)c3cccc(N4CCCC4=O)c3)nnc2-c2ccncc2)cc1C. The van der Waals surface area contributed by atoms with Gasteiger partial charge in [-0.05, 0) is 67.8 Å². The second kappa shape index (κ2) is 9.84. The molecule has 4 aromatic rings. The summed E-state index contributed by atoms with van der Waals surface area (Å²) in [5.74, 6) is 0.981. The van der Waals surface area contributed by atoms with Crippen molar-refractivity contribution in [1.29, 1.82) is 0 Å². The van der Waals surface area contributed by atoms with Gasteiger partial charge in [0, 0.05) is 42.2 Å². The van der Waals surface area contributed by atoms with Crippen molar-refractivity contribution in [2.75, 3.05) is 17.2 Å². The van der Waals surface area contributed by atoms with Crippen LogP contribution in [0.15, 0.2) is 72.1 Å². The lowest BCUT2D eigenvalue weighted by atomic mass is 10.1. The van der Waals surface area contributed by atoms with E-state index in [4.69, 9.17) is 0 Å². The Morgan fingerprint density at radius 2 is 1.80 bits per heavy atom. The van der Waals surface area contributed by atoms with Crippen LogP contribution >= 0.6 is 11.8 Å². The van der Waals surface area contributed by atoms with Crippen molar-refractivity contribution in [2.45, 2.75) is 31.8 Å². The minimum Gasteiger partial charge on any atom is -0.312 e. The number of thioether (sulfide) groups is 1. The number of aryl methyl sites for hydroxylation is 2. The fraction of sp³-hybridized carbons (Fsp3) is 0.222. The van der Waals surface area contributed by atoms with Crippen LogP contribution in [0.5, 0.6) is 0 Å². The number of pyridine rings is 1. The third kappa shape index (κ3) is 4.74. The molecule has 2 aromatic carbocycles. The molecule has 176 valence electrons. The van der Waals surface area contributed by atoms with E-state index < -0.39 is 0 Å². The molecular formula is C27H25N5O2S. The summed E-state index contributed by atoms with van der Waals surface area (Å²) < 4.78 is 1.99. The highest BCUT2D eigenvalue weighted by Crippen LogP contribution is 2.30. The second-order valence-electron chi connectivity index (χ2n) is 8.56. The third-order valence-corrected chi connectivity index (χ3v) is 7.14. The molecule has 0 saturated carbocycles. The van der Waals surface area contributed by atoms with E-state index in [1.165, 1.54) is 17.3 Å². The summed E-state index contributed by atoms with van der Waals surface area (Å²) in [6.45, 7) is 4.85. The molecule has 1 fully saturated rings. The van der Waals surface area contributed by atoms with E-state index in [-0.39, 0.29) is 17.4 Å². The van der Waals surface area contributed by atoms with Crippen LogP contribution < -0.4 is 4.90 Å². The van der Waals surface area contributed by atoms with E-state index in [0.717, 1.165) is 28.9 Å². The van der Waals surface area contributed by atoms with Gasteiger partial charge in [-0.1, -0.05) is 30.0 Å². The Hall–Kier alpha value is -3.78. The van der Waals surface area contributed by atoms with Crippen molar-refractivity contribution >= 4 is 29.1 Å². The molecule has 0 N–H and O–H groups in total. The van der Waals surface area contributed by atoms with E-state index in [2.05, 4.69) is 41.2 Å². The molecule has 1 saturated heterocycles. The molecule has 2 aromatic heterocycles. The third-order valence-electron chi connectivity index (χ3n) is 6.21. The topological polar surface area (TPSA) is 81.0 Å². The number of aromatic nitrogens is 4. The molecule has 0 aliphatic carbocycles. The van der Waals surface area contributed by atoms with Crippen molar-refractivity contribution in [3.8, 4) is 17.1 Å². The zero-order valence-electron chi connectivity index (χ0n) is 19.6. The first-order valence-electron chi connectivity index (χ1n) is 11.5. The molecule has 1 aliphatic rings. The number of amides is 1. The molecule has 0 radical (unpaired) electrons. The zero-order chi connectivity index (χ0) is 24.4. The Morgan fingerprint density at radius 3 is 2.54 bits per heavy atom. The lowest BCUT2D eigenvalue weighted by Gasteiger charge is -2.16. The van der Waals surface area contributed by atoms with Crippen molar-refractivity contribution < 1.29 is 9.59 Å². The van der Waals surface area contributed by atoms with E-state index in [1.807, 2.05) is 41.0 Å². The van der Waals surface area contributed by atoms with Crippen LogP contribution in [0.25, 0.3) is 17.1 Å². The standard InChI is InChI=1S/C27H25N5O2S/c1-18-8-9-23(15-19(18)2)32-26(20-10-12-28-13-11-20)29-30-27(32)35-17-24(33)21-5-3-6-22(16-21)31-14-4-7-25(31)34/h3,5-6,8-13,15-16H,4,7,14,17H2,1-2H3. The van der Waals surface area contributed by atoms with Crippen molar-refractivity contribution in [2.24, 2.45) is 0 Å². The van der Waals surface area contributed by atoms with Crippen LogP contribution in [0, 0.1) is 13.8 Å². The van der Waals surface area contributed by atoms with Crippen molar-refractivity contribution in [1.82, 2.24) is 19.7 Å². The minimum atomic E-state index is -0.0245. The summed E-state index contributed by atoms with van der Waals surface area (Å²) in [4.78, 5) is 31.1. The molecule has 35 heavy (non-hydrogen) atoms. The number of anilines is 1. The predicted molar refractivity (Wildman–Crippen MR) is 137 cm³/mol. The highest BCUT2D eigenvalue weighted by Gasteiger charge is 2.23. The maximum absolute atomic E-state index is 13.1. The quantitative estimate of drug-likeness (QED) is 0.270. The lowest BCUT2D eigenvalue weighted by molar-refractivity contribution is -0.117. The highest BCUT2D eigenvalue weighted by molar-refractivity contribution is 7.99. The molecule has 1 amide bonds. The summed E-state index contributed by atoms with van der Waals surface area (Å²) in [6, 6.07) is 17.3. The van der Waals surface area contributed by atoms with Gasteiger partial charge in [0.25, 0.3) is 0 Å². The van der Waals surface area contributed by atoms with Crippen LogP contribution in [0.2, 0.25) is 0 Å². The fourth-order valence-electron chi connectivity index (χ4n) is 4.13. The van der Waals surface area contributed by atoms with Gasteiger partial charge < -0.3 is 4.90 Å². The Kier molecular flexibility index (Phi) is 6.46. The second-order valence-corrected chi connectivity index (χ2v) is 9.50. The molecule has 7 nitrogen and oxygen atoms in total. The van der Waals surface area contributed by atoms with Crippen molar-refractivity contribution in [3.63, 3.8) is 0 Å². The first kappa shape index (κ1) is 23.0. The number of nitrogens with zero attached hydrogens (tertiary/aromatic N) is 5. The Bertz CT molecular complexity index is 1400. The highest BCUT2D eigenvalue weighted by atomic mass is 32.2. The number of ketones is 1. The maximum Gasteiger partial charge on any atom is 0.227 e. The zero-order valence-corrected chi connectivity index (χ0v) is 20.5. The van der Waals surface area contributed by atoms with Gasteiger partial charge in [-0.25, -0.2) is 0 Å². The average Bonchev–Trinajstić information content (AvgIpc) is 3.51. The van der Waals surface area contributed by atoms with Gasteiger partial charge in [-0.2, -0.15) is 0 Å². The summed E-state index contributed by atoms with van der Waals surface area (Å²) in [5, 5.41) is 9.51. The number of benzene rings is 2. The molecule has 0 unspecified atom stereocenters. The smallest absolute Gasteiger partial charge is 0.227 e. The largest absolute Gasteiger partial charge is 0.312 e.